The van der Waals surface area contributed by atoms with Crippen LogP contribution >= 0.6 is 0 Å². The molecule has 0 aromatic rings. The Kier molecular flexibility index (Phi) is 7.29. The molecule has 0 radical (unpaired) electrons. The van der Waals surface area contributed by atoms with E-state index in [-0.39, 0.29) is 18.1 Å². The summed E-state index contributed by atoms with van der Waals surface area (Å²) in [5.74, 6) is 0. The van der Waals surface area contributed by atoms with Crippen LogP contribution in [0, 0.1) is 5.41 Å². The molecule has 19 heavy (non-hydrogen) atoms. The first-order chi connectivity index (χ1) is 9.00. The summed E-state index contributed by atoms with van der Waals surface area (Å²) in [6.07, 6.45) is 2.41. The Morgan fingerprint density at radius 1 is 1.47 bits per heavy atom. The first-order valence-corrected chi connectivity index (χ1v) is 7.67. The second-order valence-electron chi connectivity index (χ2n) is 6.48. The second-order valence-corrected chi connectivity index (χ2v) is 6.48. The van der Waals surface area contributed by atoms with Crippen LogP contribution in [0.5, 0.6) is 0 Å². The van der Waals surface area contributed by atoms with E-state index in [2.05, 4.69) is 37.9 Å². The molecule has 1 rings (SSSR count). The fourth-order valence-corrected chi connectivity index (χ4v) is 2.83. The predicted molar refractivity (Wildman–Crippen MR) is 79.4 cm³/mol. The van der Waals surface area contributed by atoms with Crippen molar-refractivity contribution in [3.05, 3.63) is 0 Å². The van der Waals surface area contributed by atoms with E-state index >= 15 is 0 Å². The second kappa shape index (κ2) is 8.20. The van der Waals surface area contributed by atoms with Gasteiger partial charge in [0.25, 0.3) is 0 Å². The zero-order valence-electron chi connectivity index (χ0n) is 13.1. The number of nitrogens with zero attached hydrogens (tertiary/aromatic N) is 1. The summed E-state index contributed by atoms with van der Waals surface area (Å²) < 4.78 is 5.46. The van der Waals surface area contributed by atoms with Crippen molar-refractivity contribution in [2.45, 2.75) is 52.6 Å². The van der Waals surface area contributed by atoms with Crippen LogP contribution in [0.4, 0.5) is 0 Å². The third-order valence-corrected chi connectivity index (χ3v) is 3.94. The quantitative estimate of drug-likeness (QED) is 0.702. The van der Waals surface area contributed by atoms with Gasteiger partial charge in [-0.15, -0.1) is 0 Å². The Labute approximate surface area is 118 Å². The van der Waals surface area contributed by atoms with Gasteiger partial charge in [0.1, 0.15) is 0 Å². The number of ether oxygens (including phenoxy) is 1. The minimum atomic E-state index is 0.170. The molecule has 0 aliphatic carbocycles. The van der Waals surface area contributed by atoms with E-state index in [9.17, 15) is 5.11 Å². The van der Waals surface area contributed by atoms with Crippen molar-refractivity contribution in [1.29, 1.82) is 0 Å². The Balaban J connectivity index is 2.59. The van der Waals surface area contributed by atoms with Crippen LogP contribution in [0.25, 0.3) is 0 Å². The molecule has 0 aromatic carbocycles. The van der Waals surface area contributed by atoms with Gasteiger partial charge in [0.2, 0.25) is 0 Å². The minimum absolute atomic E-state index is 0.170. The average molecular weight is 272 g/mol. The van der Waals surface area contributed by atoms with Crippen LogP contribution in [0.1, 0.15) is 40.5 Å². The highest BCUT2D eigenvalue weighted by atomic mass is 16.5. The first-order valence-electron chi connectivity index (χ1n) is 7.67. The van der Waals surface area contributed by atoms with E-state index in [0.717, 1.165) is 26.2 Å². The smallest absolute Gasteiger partial charge is 0.0644 e. The lowest BCUT2D eigenvalue weighted by molar-refractivity contribution is -0.0437. The van der Waals surface area contributed by atoms with Gasteiger partial charge in [-0.1, -0.05) is 34.1 Å². The summed E-state index contributed by atoms with van der Waals surface area (Å²) in [4.78, 5) is 2.40. The van der Waals surface area contributed by atoms with Crippen molar-refractivity contribution < 1.29 is 9.84 Å². The molecule has 0 saturated carbocycles. The summed E-state index contributed by atoms with van der Waals surface area (Å²) >= 11 is 0. The van der Waals surface area contributed by atoms with Gasteiger partial charge in [0.15, 0.2) is 0 Å². The molecular formula is C15H32N2O2. The van der Waals surface area contributed by atoms with Crippen molar-refractivity contribution in [2.24, 2.45) is 5.41 Å². The molecule has 4 heteroatoms. The Hall–Kier alpha value is -0.160. The zero-order chi connectivity index (χ0) is 14.3. The van der Waals surface area contributed by atoms with E-state index in [1.54, 1.807) is 0 Å². The van der Waals surface area contributed by atoms with Crippen LogP contribution in [0.15, 0.2) is 0 Å². The van der Waals surface area contributed by atoms with Gasteiger partial charge < -0.3 is 15.2 Å². The van der Waals surface area contributed by atoms with Gasteiger partial charge in [-0.2, -0.15) is 0 Å². The van der Waals surface area contributed by atoms with Crippen LogP contribution in [-0.4, -0.2) is 61.5 Å². The highest BCUT2D eigenvalue weighted by Crippen LogP contribution is 2.26. The zero-order valence-corrected chi connectivity index (χ0v) is 13.1. The molecule has 0 bridgehead atoms. The van der Waals surface area contributed by atoms with E-state index in [0.29, 0.717) is 12.6 Å². The van der Waals surface area contributed by atoms with Crippen LogP contribution in [0.2, 0.25) is 0 Å². The molecule has 114 valence electrons. The maximum absolute atomic E-state index is 9.47. The largest absolute Gasteiger partial charge is 0.395 e. The fourth-order valence-electron chi connectivity index (χ4n) is 2.83. The number of nitrogens with one attached hydrogen (secondary N) is 1. The SMILES string of the molecule is CCCC(C)(CNC(C)C)CN1CCOCC1CO. The molecule has 1 fully saturated rings. The van der Waals surface area contributed by atoms with Crippen molar-refractivity contribution in [3.63, 3.8) is 0 Å². The lowest BCUT2D eigenvalue weighted by atomic mass is 9.84. The molecule has 0 spiro atoms. The molecule has 4 nitrogen and oxygen atoms in total. The summed E-state index contributed by atoms with van der Waals surface area (Å²) in [6, 6.07) is 0.693. The van der Waals surface area contributed by atoms with E-state index in [1.807, 2.05) is 0 Å². The minimum Gasteiger partial charge on any atom is -0.395 e. The Bertz CT molecular complexity index is 248. The Morgan fingerprint density at radius 3 is 2.79 bits per heavy atom. The monoisotopic (exact) mass is 272 g/mol. The summed E-state index contributed by atoms with van der Waals surface area (Å²) in [7, 11) is 0. The topological polar surface area (TPSA) is 44.7 Å². The molecule has 1 aliphatic heterocycles. The van der Waals surface area contributed by atoms with E-state index in [1.165, 1.54) is 12.8 Å². The summed E-state index contributed by atoms with van der Waals surface area (Å²) in [5, 5.41) is 13.0. The third-order valence-electron chi connectivity index (χ3n) is 3.94. The summed E-state index contributed by atoms with van der Waals surface area (Å²) in [5.41, 5.74) is 0.268. The normalized spacial score (nSPS) is 24.6. The lowest BCUT2D eigenvalue weighted by Gasteiger charge is -2.41. The standard InChI is InChI=1S/C15H32N2O2/c1-5-6-15(4,11-16-13(2)3)12-17-7-8-19-10-14(17)9-18/h13-14,16,18H,5-12H2,1-4H3. The fraction of sp³-hybridized carbons (Fsp3) is 1.00. The van der Waals surface area contributed by atoms with Crippen LogP contribution in [-0.2, 0) is 4.74 Å². The summed E-state index contributed by atoms with van der Waals surface area (Å²) in [6.45, 7) is 13.6. The molecule has 2 unspecified atom stereocenters. The van der Waals surface area contributed by atoms with Gasteiger partial charge in [0, 0.05) is 25.7 Å². The highest BCUT2D eigenvalue weighted by molar-refractivity contribution is 4.85. The number of aliphatic hydroxyl groups is 1. The van der Waals surface area contributed by atoms with Gasteiger partial charge in [-0.3, -0.25) is 4.90 Å². The number of hydrogen-bond acceptors (Lipinski definition) is 4. The molecular weight excluding hydrogens is 240 g/mol. The first kappa shape index (κ1) is 16.9. The molecule has 0 amide bonds. The van der Waals surface area contributed by atoms with Crippen molar-refractivity contribution in [2.75, 3.05) is 39.5 Å². The van der Waals surface area contributed by atoms with Crippen LogP contribution in [0.3, 0.4) is 0 Å². The van der Waals surface area contributed by atoms with Gasteiger partial charge in [-0.25, -0.2) is 0 Å². The lowest BCUT2D eigenvalue weighted by Crippen LogP contribution is -2.53. The highest BCUT2D eigenvalue weighted by Gasteiger charge is 2.31. The van der Waals surface area contributed by atoms with Crippen molar-refractivity contribution in [3.8, 4) is 0 Å². The van der Waals surface area contributed by atoms with Crippen molar-refractivity contribution >= 4 is 0 Å². The van der Waals surface area contributed by atoms with Crippen molar-refractivity contribution in [1.82, 2.24) is 10.2 Å². The number of hydrogen-bond donors (Lipinski definition) is 2. The predicted octanol–water partition coefficient (Wildman–Crippen LogP) is 1.48. The maximum atomic E-state index is 9.47. The third kappa shape index (κ3) is 5.78. The number of rotatable bonds is 8. The Morgan fingerprint density at radius 2 is 2.21 bits per heavy atom. The number of aliphatic hydroxyl groups excluding tert-OH is 1. The molecule has 0 aromatic heterocycles. The molecule has 1 aliphatic rings. The molecule has 1 heterocycles. The number of morpholine rings is 1. The maximum Gasteiger partial charge on any atom is 0.0644 e. The van der Waals surface area contributed by atoms with Gasteiger partial charge in [-0.05, 0) is 11.8 Å². The van der Waals surface area contributed by atoms with Gasteiger partial charge >= 0.3 is 0 Å². The molecule has 1 saturated heterocycles. The average Bonchev–Trinajstić information content (AvgIpc) is 2.37. The molecule has 2 atom stereocenters. The van der Waals surface area contributed by atoms with E-state index < -0.39 is 0 Å². The molecule has 2 N–H and O–H groups in total. The van der Waals surface area contributed by atoms with Crippen LogP contribution < -0.4 is 5.32 Å². The van der Waals surface area contributed by atoms with Gasteiger partial charge in [0.05, 0.1) is 25.9 Å². The van der Waals surface area contributed by atoms with E-state index in [4.69, 9.17) is 4.74 Å².